The maximum Gasteiger partial charge on any atom is 0.329 e. The summed E-state index contributed by atoms with van der Waals surface area (Å²) in [6, 6.07) is -1.14. The van der Waals surface area contributed by atoms with Crippen LogP contribution >= 0.6 is 0 Å². The van der Waals surface area contributed by atoms with Gasteiger partial charge in [0.1, 0.15) is 30.1 Å². The highest BCUT2D eigenvalue weighted by Crippen LogP contribution is 2.38. The molecule has 4 aliphatic rings. The zero-order chi connectivity index (χ0) is 50.3. The molecule has 0 aromatic carbocycles. The molecule has 1 saturated carbocycles. The number of carbonyl (C=O) groups excluding carboxylic acids is 5. The van der Waals surface area contributed by atoms with Crippen molar-refractivity contribution in [2.75, 3.05) is 41.1 Å². The summed E-state index contributed by atoms with van der Waals surface area (Å²) in [7, 11) is 4.58. The Morgan fingerprint density at radius 2 is 1.59 bits per heavy atom. The van der Waals surface area contributed by atoms with Gasteiger partial charge in [-0.3, -0.25) is 19.2 Å². The number of amides is 1. The Hall–Kier alpha value is -3.41. The maximum atomic E-state index is 14.5. The van der Waals surface area contributed by atoms with Crippen LogP contribution in [0.4, 0.5) is 0 Å². The number of ether oxygens (including phenoxy) is 6. The number of piperidine rings is 1. The van der Waals surface area contributed by atoms with Gasteiger partial charge >= 0.3 is 5.97 Å². The molecule has 0 unspecified atom stereocenters. The SMILES string of the molecule is CO[C@H]1C[C@H]2CC[C@@H](C)[C@@](O)(O2)C(=O)C(=O)N2CCCC[C@H]2C(=O)O[C@H]([C@H](C)C[C@@H]2CC[C@@H](OCCO)[C@H](OC)C2)CC(=O)[C@H](C)/C=C(\C)[C@@H](O)[C@@H](OC)C(=O)[C@H](C)C[C@H](C)/C=C/C=C/C=C\1C. The van der Waals surface area contributed by atoms with Crippen LogP contribution in [0.2, 0.25) is 0 Å². The van der Waals surface area contributed by atoms with Crippen molar-refractivity contribution in [2.24, 2.45) is 35.5 Å². The van der Waals surface area contributed by atoms with Crippen LogP contribution in [0.3, 0.4) is 0 Å². The molecule has 2 saturated heterocycles. The average Bonchev–Trinajstić information content (AvgIpc) is 3.32. The summed E-state index contributed by atoms with van der Waals surface area (Å²) in [5, 5.41) is 32.8. The van der Waals surface area contributed by atoms with E-state index in [-0.39, 0.29) is 74.1 Å². The highest BCUT2D eigenvalue weighted by molar-refractivity contribution is 6.39. The number of nitrogens with zero attached hydrogens (tertiary/aromatic N) is 1. The molecule has 0 aromatic heterocycles. The van der Waals surface area contributed by atoms with E-state index in [2.05, 4.69) is 0 Å². The summed E-state index contributed by atoms with van der Waals surface area (Å²) in [6.07, 6.45) is 12.0. The Kier molecular flexibility index (Phi) is 22.9. The smallest absolute Gasteiger partial charge is 0.329 e. The largest absolute Gasteiger partial charge is 0.460 e. The van der Waals surface area contributed by atoms with Crippen molar-refractivity contribution in [2.45, 2.75) is 180 Å². The number of ketones is 3. The lowest BCUT2D eigenvalue weighted by atomic mass is 9.78. The quantitative estimate of drug-likeness (QED) is 0.134. The summed E-state index contributed by atoms with van der Waals surface area (Å²) >= 11 is 0. The number of aliphatic hydroxyl groups is 3. The summed E-state index contributed by atoms with van der Waals surface area (Å²) in [5.41, 5.74) is 1.26. The van der Waals surface area contributed by atoms with Gasteiger partial charge in [-0.2, -0.15) is 0 Å². The molecule has 3 fully saturated rings. The molecule has 68 heavy (non-hydrogen) atoms. The number of hydrogen-bond donors (Lipinski definition) is 3. The third-order valence-corrected chi connectivity index (χ3v) is 14.9. The molecule has 4 rings (SSSR count). The molecule has 3 N–H and O–H groups in total. The van der Waals surface area contributed by atoms with Crippen molar-refractivity contribution in [3.05, 3.63) is 47.6 Å². The second kappa shape index (κ2) is 27.3. The third-order valence-electron chi connectivity index (χ3n) is 14.9. The van der Waals surface area contributed by atoms with Crippen molar-refractivity contribution in [3.8, 4) is 0 Å². The first kappa shape index (κ1) is 57.2. The topological polar surface area (TPSA) is 205 Å². The molecule has 0 spiro atoms. The number of rotatable bonds is 9. The molecule has 0 radical (unpaired) electrons. The molecule has 1 aliphatic carbocycles. The zero-order valence-electron chi connectivity index (χ0n) is 42.4. The van der Waals surface area contributed by atoms with Crippen LogP contribution in [0, 0.1) is 35.5 Å². The fourth-order valence-corrected chi connectivity index (χ4v) is 10.5. The molecule has 384 valence electrons. The predicted molar refractivity (Wildman–Crippen MR) is 256 cm³/mol. The van der Waals surface area contributed by atoms with E-state index in [0.29, 0.717) is 63.4 Å². The summed E-state index contributed by atoms with van der Waals surface area (Å²) in [6.45, 7) is 12.9. The highest BCUT2D eigenvalue weighted by atomic mass is 16.6. The minimum atomic E-state index is -2.43. The van der Waals surface area contributed by atoms with E-state index in [1.54, 1.807) is 41.1 Å². The van der Waals surface area contributed by atoms with Gasteiger partial charge in [-0.1, -0.05) is 71.1 Å². The molecule has 15 nitrogen and oxygen atoms in total. The third kappa shape index (κ3) is 15.3. The number of carbonyl (C=O) groups is 5. The van der Waals surface area contributed by atoms with Gasteiger partial charge in [-0.15, -0.1) is 0 Å². The Morgan fingerprint density at radius 1 is 0.853 bits per heavy atom. The van der Waals surface area contributed by atoms with Gasteiger partial charge in [0.2, 0.25) is 5.79 Å². The lowest BCUT2D eigenvalue weighted by molar-refractivity contribution is -0.265. The lowest BCUT2D eigenvalue weighted by Gasteiger charge is -2.42. The highest BCUT2D eigenvalue weighted by Gasteiger charge is 2.53. The minimum absolute atomic E-state index is 0.0158. The molecule has 15 atom stereocenters. The molecule has 0 aromatic rings. The lowest BCUT2D eigenvalue weighted by Crippen LogP contribution is -2.61. The molecule has 1 amide bonds. The molecule has 3 aliphatic heterocycles. The van der Waals surface area contributed by atoms with Crippen molar-refractivity contribution in [3.63, 3.8) is 0 Å². The summed E-state index contributed by atoms with van der Waals surface area (Å²) in [5.74, 6) is -7.96. The normalized spacial score (nSPS) is 39.2. The summed E-state index contributed by atoms with van der Waals surface area (Å²) in [4.78, 5) is 72.1. The van der Waals surface area contributed by atoms with E-state index in [0.717, 1.165) is 12.0 Å². The number of fused-ring (bicyclic) bond motifs is 3. The number of cyclic esters (lactones) is 1. The monoisotopic (exact) mass is 958 g/mol. The number of methoxy groups -OCH3 is 3. The Labute approximate surface area is 405 Å². The fourth-order valence-electron chi connectivity index (χ4n) is 10.5. The van der Waals surface area contributed by atoms with E-state index in [1.807, 2.05) is 58.1 Å². The average molecular weight is 958 g/mol. The van der Waals surface area contributed by atoms with Gasteiger partial charge in [0.25, 0.3) is 11.7 Å². The van der Waals surface area contributed by atoms with Crippen LogP contribution < -0.4 is 0 Å². The van der Waals surface area contributed by atoms with Crippen LogP contribution in [0.25, 0.3) is 0 Å². The molecule has 3 heterocycles. The second-order valence-electron chi connectivity index (χ2n) is 20.2. The first-order chi connectivity index (χ1) is 32.3. The Balaban J connectivity index is 1.70. The maximum absolute atomic E-state index is 14.5. The fraction of sp³-hybridized carbons (Fsp3) is 0.755. The zero-order valence-corrected chi connectivity index (χ0v) is 42.4. The van der Waals surface area contributed by atoms with Gasteiger partial charge < -0.3 is 48.6 Å². The van der Waals surface area contributed by atoms with Crippen molar-refractivity contribution >= 4 is 29.2 Å². The molecular weight excluding hydrogens is 875 g/mol. The van der Waals surface area contributed by atoms with Crippen LogP contribution in [0.15, 0.2) is 47.6 Å². The molecular formula is C53H83NO14. The van der Waals surface area contributed by atoms with E-state index in [4.69, 9.17) is 28.4 Å². The van der Waals surface area contributed by atoms with Gasteiger partial charge in [0.05, 0.1) is 37.6 Å². The van der Waals surface area contributed by atoms with Gasteiger partial charge in [0, 0.05) is 58.5 Å². The van der Waals surface area contributed by atoms with E-state index in [1.165, 1.54) is 12.0 Å². The van der Waals surface area contributed by atoms with Crippen LogP contribution in [0.1, 0.15) is 126 Å². The number of esters is 1. The first-order valence-electron chi connectivity index (χ1n) is 25.0. The van der Waals surface area contributed by atoms with Gasteiger partial charge in [-0.25, -0.2) is 4.79 Å². The van der Waals surface area contributed by atoms with E-state index in [9.17, 15) is 39.3 Å². The van der Waals surface area contributed by atoms with Crippen molar-refractivity contribution in [1.29, 1.82) is 0 Å². The Morgan fingerprint density at radius 3 is 2.26 bits per heavy atom. The molecule has 15 heteroatoms. The Bertz CT molecular complexity index is 1810. The molecule has 2 bridgehead atoms. The van der Waals surface area contributed by atoms with Gasteiger partial charge in [-0.05, 0) is 107 Å². The first-order valence-corrected chi connectivity index (χ1v) is 25.0. The van der Waals surface area contributed by atoms with Gasteiger partial charge in [0.15, 0.2) is 5.78 Å². The summed E-state index contributed by atoms with van der Waals surface area (Å²) < 4.78 is 35.6. The van der Waals surface area contributed by atoms with Crippen molar-refractivity contribution < 1.29 is 67.7 Å². The minimum Gasteiger partial charge on any atom is -0.460 e. The van der Waals surface area contributed by atoms with Crippen LogP contribution in [-0.4, -0.2) is 145 Å². The van der Waals surface area contributed by atoms with E-state index < -0.39 is 77.8 Å². The standard InChI is InChI=1S/C53H83NO14/c1-32-16-12-11-13-17-33(2)44(63-8)30-40-21-19-38(7)53(62,68-40)50(59)51(60)54-23-15-14-18-41(54)52(61)67-45(35(4)28-39-20-22-43(66-25-24-55)46(29-39)64-9)31-42(56)34(3)27-37(6)48(58)49(65-10)47(57)36(5)26-32/h11-13,16-17,27,32,34-36,38-41,43-46,48-49,55,58,62H,14-15,18-26,28-31H2,1-10H3/b13-11+,16-12+,33-17-,37-27+/t32-,34-,35-,36-,38-,39+,40-,41+,43-,44+,45+,46-,48-,49+,53-/m1/s1. The van der Waals surface area contributed by atoms with Crippen LogP contribution in [0.5, 0.6) is 0 Å². The van der Waals surface area contributed by atoms with Crippen LogP contribution in [-0.2, 0) is 52.4 Å². The number of allylic oxidation sites excluding steroid dienone is 6. The van der Waals surface area contributed by atoms with Crippen molar-refractivity contribution in [1.82, 2.24) is 4.90 Å². The number of Topliss-reactive ketones (excluding diaryl/α,β-unsaturated/α-hetero) is 3. The predicted octanol–water partition coefficient (Wildman–Crippen LogP) is 6.20. The number of hydrogen-bond acceptors (Lipinski definition) is 14. The second-order valence-corrected chi connectivity index (χ2v) is 20.2. The number of aliphatic hydroxyl groups excluding tert-OH is 2. The van der Waals surface area contributed by atoms with E-state index >= 15 is 0 Å².